The molecule has 98 valence electrons. The quantitative estimate of drug-likeness (QED) is 0.790. The fourth-order valence-corrected chi connectivity index (χ4v) is 2.72. The Morgan fingerprint density at radius 3 is 2.47 bits per heavy atom. The van der Waals surface area contributed by atoms with Crippen LogP contribution >= 0.6 is 11.6 Å². The summed E-state index contributed by atoms with van der Waals surface area (Å²) >= 11 is 5.83. The lowest BCUT2D eigenvalue weighted by atomic mass is 9.90. The summed E-state index contributed by atoms with van der Waals surface area (Å²) in [6.07, 6.45) is 7.70. The van der Waals surface area contributed by atoms with Crippen LogP contribution in [0.3, 0.4) is 0 Å². The Balaban J connectivity index is 1.67. The Labute approximate surface area is 117 Å². The number of hydrogen-bond acceptors (Lipinski definition) is 4. The first-order valence-corrected chi connectivity index (χ1v) is 6.84. The Morgan fingerprint density at radius 2 is 1.79 bits per heavy atom. The number of piperidine rings is 1. The third-order valence-electron chi connectivity index (χ3n) is 3.61. The fourth-order valence-electron chi connectivity index (χ4n) is 2.58. The molecule has 0 aromatic carbocycles. The van der Waals surface area contributed by atoms with Crippen molar-refractivity contribution in [2.45, 2.75) is 18.8 Å². The van der Waals surface area contributed by atoms with Gasteiger partial charge in [-0.15, -0.1) is 0 Å². The molecule has 2 aromatic heterocycles. The number of hydrogen-bond donors (Lipinski definition) is 0. The van der Waals surface area contributed by atoms with E-state index in [9.17, 15) is 0 Å². The summed E-state index contributed by atoms with van der Waals surface area (Å²) in [5.74, 6) is 1.55. The third kappa shape index (κ3) is 2.84. The van der Waals surface area contributed by atoms with Crippen molar-refractivity contribution >= 4 is 17.4 Å². The first kappa shape index (κ1) is 12.4. The number of anilines is 1. The van der Waals surface area contributed by atoms with Gasteiger partial charge in [-0.2, -0.15) is 0 Å². The normalized spacial score (nSPS) is 16.6. The van der Waals surface area contributed by atoms with Gasteiger partial charge in [-0.25, -0.2) is 9.97 Å². The summed E-state index contributed by atoms with van der Waals surface area (Å²) in [7, 11) is 0. The maximum absolute atomic E-state index is 5.83. The smallest absolute Gasteiger partial charge is 0.224 e. The summed E-state index contributed by atoms with van der Waals surface area (Å²) < 4.78 is 0. The van der Waals surface area contributed by atoms with E-state index in [4.69, 9.17) is 11.6 Å². The summed E-state index contributed by atoms with van der Waals surface area (Å²) in [4.78, 5) is 14.5. The molecule has 0 saturated carbocycles. The van der Waals surface area contributed by atoms with Gasteiger partial charge in [0.1, 0.15) is 5.82 Å². The molecular formula is C14H15ClN4. The molecule has 0 spiro atoms. The third-order valence-corrected chi connectivity index (χ3v) is 3.79. The van der Waals surface area contributed by atoms with E-state index in [0.717, 1.165) is 31.7 Å². The molecule has 0 bridgehead atoms. The zero-order valence-corrected chi connectivity index (χ0v) is 11.3. The van der Waals surface area contributed by atoms with Crippen molar-refractivity contribution in [3.63, 3.8) is 0 Å². The topological polar surface area (TPSA) is 41.9 Å². The second-order valence-corrected chi connectivity index (χ2v) is 5.06. The molecule has 0 unspecified atom stereocenters. The monoisotopic (exact) mass is 274 g/mol. The van der Waals surface area contributed by atoms with Crippen LogP contribution in [0.15, 0.2) is 36.8 Å². The van der Waals surface area contributed by atoms with E-state index in [2.05, 4.69) is 32.0 Å². The largest absolute Gasteiger partial charge is 0.356 e. The highest BCUT2D eigenvalue weighted by Gasteiger charge is 2.21. The van der Waals surface area contributed by atoms with Gasteiger partial charge in [0, 0.05) is 31.7 Å². The van der Waals surface area contributed by atoms with Gasteiger partial charge in [0.25, 0.3) is 0 Å². The van der Waals surface area contributed by atoms with Gasteiger partial charge in [-0.05, 0) is 54.1 Å². The van der Waals surface area contributed by atoms with E-state index in [1.165, 1.54) is 5.56 Å². The Hall–Kier alpha value is -1.68. The van der Waals surface area contributed by atoms with Crippen molar-refractivity contribution in [3.05, 3.63) is 47.6 Å². The van der Waals surface area contributed by atoms with Crippen LogP contribution in [0.2, 0.25) is 5.28 Å². The molecule has 1 saturated heterocycles. The van der Waals surface area contributed by atoms with Crippen LogP contribution < -0.4 is 4.90 Å². The van der Waals surface area contributed by atoms with Crippen LogP contribution in [0.1, 0.15) is 24.3 Å². The molecule has 3 heterocycles. The maximum atomic E-state index is 5.83. The van der Waals surface area contributed by atoms with Gasteiger partial charge in [-0.1, -0.05) is 0 Å². The van der Waals surface area contributed by atoms with Gasteiger partial charge < -0.3 is 4.90 Å². The van der Waals surface area contributed by atoms with Gasteiger partial charge in [0.05, 0.1) is 0 Å². The van der Waals surface area contributed by atoms with Crippen LogP contribution in [0.5, 0.6) is 0 Å². The van der Waals surface area contributed by atoms with Gasteiger partial charge in [-0.3, -0.25) is 4.98 Å². The Morgan fingerprint density at radius 1 is 1.05 bits per heavy atom. The lowest BCUT2D eigenvalue weighted by Crippen LogP contribution is -2.33. The second kappa shape index (κ2) is 5.53. The molecule has 2 aromatic rings. The van der Waals surface area contributed by atoms with E-state index in [1.807, 2.05) is 18.5 Å². The molecule has 1 fully saturated rings. The predicted molar refractivity (Wildman–Crippen MR) is 75.5 cm³/mol. The van der Waals surface area contributed by atoms with E-state index in [0.29, 0.717) is 11.2 Å². The molecule has 1 aliphatic rings. The fraction of sp³-hybridized carbons (Fsp3) is 0.357. The lowest BCUT2D eigenvalue weighted by molar-refractivity contribution is 0.502. The molecule has 5 heteroatoms. The van der Waals surface area contributed by atoms with Crippen LogP contribution in [-0.4, -0.2) is 28.0 Å². The summed E-state index contributed by atoms with van der Waals surface area (Å²) in [6, 6.07) is 6.14. The first-order chi connectivity index (χ1) is 9.33. The second-order valence-electron chi connectivity index (χ2n) is 4.73. The van der Waals surface area contributed by atoms with Crippen molar-refractivity contribution in [1.29, 1.82) is 0 Å². The standard InChI is InChI=1S/C14H15ClN4/c15-14-17-8-3-13(18-14)19-9-4-12(5-10-19)11-1-6-16-7-2-11/h1-3,6-8,12H,4-5,9-10H2. The minimum atomic E-state index is 0.314. The zero-order valence-electron chi connectivity index (χ0n) is 10.5. The molecule has 3 rings (SSSR count). The highest BCUT2D eigenvalue weighted by Crippen LogP contribution is 2.29. The average Bonchev–Trinajstić information content (AvgIpc) is 2.48. The van der Waals surface area contributed by atoms with E-state index < -0.39 is 0 Å². The summed E-state index contributed by atoms with van der Waals surface area (Å²) in [5.41, 5.74) is 1.38. The maximum Gasteiger partial charge on any atom is 0.224 e. The van der Waals surface area contributed by atoms with Crippen molar-refractivity contribution in [3.8, 4) is 0 Å². The lowest BCUT2D eigenvalue weighted by Gasteiger charge is -2.32. The van der Waals surface area contributed by atoms with Crippen LogP contribution in [-0.2, 0) is 0 Å². The number of pyridine rings is 1. The molecular weight excluding hydrogens is 260 g/mol. The number of rotatable bonds is 2. The van der Waals surface area contributed by atoms with E-state index in [-0.39, 0.29) is 0 Å². The average molecular weight is 275 g/mol. The van der Waals surface area contributed by atoms with Crippen LogP contribution in [0, 0.1) is 0 Å². The highest BCUT2D eigenvalue weighted by atomic mass is 35.5. The highest BCUT2D eigenvalue weighted by molar-refractivity contribution is 6.28. The van der Waals surface area contributed by atoms with Gasteiger partial charge in [0.15, 0.2) is 0 Å². The van der Waals surface area contributed by atoms with Crippen molar-refractivity contribution in [2.75, 3.05) is 18.0 Å². The number of aromatic nitrogens is 3. The minimum Gasteiger partial charge on any atom is -0.356 e. The first-order valence-electron chi connectivity index (χ1n) is 6.46. The van der Waals surface area contributed by atoms with Crippen molar-refractivity contribution < 1.29 is 0 Å². The Kier molecular flexibility index (Phi) is 3.60. The molecule has 0 amide bonds. The van der Waals surface area contributed by atoms with Crippen molar-refractivity contribution in [2.24, 2.45) is 0 Å². The van der Waals surface area contributed by atoms with Crippen molar-refractivity contribution in [1.82, 2.24) is 15.0 Å². The molecule has 0 radical (unpaired) electrons. The summed E-state index contributed by atoms with van der Waals surface area (Å²) in [6.45, 7) is 2.00. The molecule has 0 atom stereocenters. The van der Waals surface area contributed by atoms with Gasteiger partial charge >= 0.3 is 0 Å². The summed E-state index contributed by atoms with van der Waals surface area (Å²) in [5, 5.41) is 0.314. The molecule has 1 aliphatic heterocycles. The molecule has 0 N–H and O–H groups in total. The van der Waals surface area contributed by atoms with Crippen LogP contribution in [0.25, 0.3) is 0 Å². The number of halogens is 1. The molecule has 0 aliphatic carbocycles. The predicted octanol–water partition coefficient (Wildman–Crippen LogP) is 2.91. The molecule has 19 heavy (non-hydrogen) atoms. The van der Waals surface area contributed by atoms with Crippen LogP contribution in [0.4, 0.5) is 5.82 Å². The SMILES string of the molecule is Clc1nccc(N2CCC(c3ccncc3)CC2)n1. The molecule has 4 nitrogen and oxygen atoms in total. The zero-order chi connectivity index (χ0) is 13.1. The number of nitrogens with zero attached hydrogens (tertiary/aromatic N) is 4. The van der Waals surface area contributed by atoms with Gasteiger partial charge in [0.2, 0.25) is 5.28 Å². The minimum absolute atomic E-state index is 0.314. The van der Waals surface area contributed by atoms with E-state index >= 15 is 0 Å². The van der Waals surface area contributed by atoms with E-state index in [1.54, 1.807) is 6.20 Å². The Bertz CT molecular complexity index is 538.